The second-order valence-corrected chi connectivity index (χ2v) is 9.21. The minimum atomic E-state index is -3.39. The first kappa shape index (κ1) is 20.2. The molecule has 156 valence electrons. The molecule has 0 radical (unpaired) electrons. The molecule has 9 heteroatoms. The summed E-state index contributed by atoms with van der Waals surface area (Å²) in [5.74, 6) is 0.850. The third kappa shape index (κ3) is 4.92. The normalized spacial score (nSPS) is 19.9. The summed E-state index contributed by atoms with van der Waals surface area (Å²) in [7, 11) is -3.39. The Kier molecular flexibility index (Phi) is 6.39. The topological polar surface area (TPSA) is 84.9 Å². The van der Waals surface area contributed by atoms with Crippen molar-refractivity contribution in [3.8, 4) is 17.1 Å². The van der Waals surface area contributed by atoms with Crippen LogP contribution in [0.5, 0.6) is 5.88 Å². The summed E-state index contributed by atoms with van der Waals surface area (Å²) in [5, 5.41) is 0. The van der Waals surface area contributed by atoms with Gasteiger partial charge >= 0.3 is 0 Å². The minimum absolute atomic E-state index is 0.307. The number of rotatable bonds is 6. The van der Waals surface area contributed by atoms with Crippen molar-refractivity contribution in [2.24, 2.45) is 5.92 Å². The van der Waals surface area contributed by atoms with E-state index in [-0.39, 0.29) is 0 Å². The summed E-state index contributed by atoms with van der Waals surface area (Å²) in [6.45, 7) is 3.36. The highest BCUT2D eigenvalue weighted by Crippen LogP contribution is 2.24. The Morgan fingerprint density at radius 3 is 2.41 bits per heavy atom. The number of hydrogen-bond donors (Lipinski definition) is 0. The Morgan fingerprint density at radius 2 is 1.69 bits per heavy atom. The second-order valence-electron chi connectivity index (χ2n) is 7.28. The molecule has 2 aliphatic heterocycles. The Labute approximate surface area is 171 Å². The van der Waals surface area contributed by atoms with Crippen LogP contribution >= 0.6 is 0 Å². The highest BCUT2D eigenvalue weighted by atomic mass is 32.2. The summed E-state index contributed by atoms with van der Waals surface area (Å²) in [6, 6.07) is 11.7. The predicted molar refractivity (Wildman–Crippen MR) is 109 cm³/mol. The number of nitrogens with zero attached hydrogens (tertiary/aromatic N) is 4. The van der Waals surface area contributed by atoms with E-state index in [1.807, 2.05) is 36.4 Å². The molecule has 2 saturated heterocycles. The standard InChI is InChI=1S/C20H26N4O4S/c25-29(26,24-10-12-27-13-11-24)23-8-6-17(7-9-23)15-28-20-14-19(21-16-22-20)18-4-2-1-3-5-18/h1-5,14,16-17H,6-13,15H2. The number of morpholine rings is 1. The summed E-state index contributed by atoms with van der Waals surface area (Å²) >= 11 is 0. The van der Waals surface area contributed by atoms with Gasteiger partial charge in [-0.2, -0.15) is 17.0 Å². The van der Waals surface area contributed by atoms with E-state index in [9.17, 15) is 8.42 Å². The molecule has 3 heterocycles. The molecule has 0 amide bonds. The molecule has 0 spiro atoms. The van der Waals surface area contributed by atoms with Gasteiger partial charge in [0.2, 0.25) is 5.88 Å². The first-order valence-corrected chi connectivity index (χ1v) is 11.4. The summed E-state index contributed by atoms with van der Waals surface area (Å²) in [4.78, 5) is 8.51. The summed E-state index contributed by atoms with van der Waals surface area (Å²) < 4.78 is 39.8. The Bertz CT molecular complexity index is 896. The van der Waals surface area contributed by atoms with E-state index in [4.69, 9.17) is 9.47 Å². The summed E-state index contributed by atoms with van der Waals surface area (Å²) in [5.41, 5.74) is 1.84. The van der Waals surface area contributed by atoms with Crippen molar-refractivity contribution in [2.75, 3.05) is 46.0 Å². The highest BCUT2D eigenvalue weighted by molar-refractivity contribution is 7.86. The molecular weight excluding hydrogens is 392 g/mol. The van der Waals surface area contributed by atoms with Crippen molar-refractivity contribution >= 4 is 10.2 Å². The predicted octanol–water partition coefficient (Wildman–Crippen LogP) is 1.81. The fourth-order valence-corrected chi connectivity index (χ4v) is 5.25. The molecule has 8 nitrogen and oxygen atoms in total. The van der Waals surface area contributed by atoms with Gasteiger partial charge in [-0.15, -0.1) is 0 Å². The van der Waals surface area contributed by atoms with E-state index < -0.39 is 10.2 Å². The molecule has 0 N–H and O–H groups in total. The van der Waals surface area contributed by atoms with Crippen LogP contribution in [0.4, 0.5) is 0 Å². The molecule has 0 atom stereocenters. The maximum Gasteiger partial charge on any atom is 0.282 e. The molecule has 0 unspecified atom stereocenters. The second kappa shape index (κ2) is 9.17. The zero-order chi connectivity index (χ0) is 20.1. The molecule has 29 heavy (non-hydrogen) atoms. The Hall–Kier alpha value is -2.07. The fraction of sp³-hybridized carbons (Fsp3) is 0.500. The van der Waals surface area contributed by atoms with Gasteiger partial charge in [-0.1, -0.05) is 30.3 Å². The number of benzene rings is 1. The molecular formula is C20H26N4O4S. The van der Waals surface area contributed by atoms with E-state index in [2.05, 4.69) is 9.97 Å². The van der Waals surface area contributed by atoms with Gasteiger partial charge in [0.05, 0.1) is 25.5 Å². The molecule has 1 aromatic heterocycles. The molecule has 0 aliphatic carbocycles. The average Bonchev–Trinajstić information content (AvgIpc) is 2.79. The summed E-state index contributed by atoms with van der Waals surface area (Å²) in [6.07, 6.45) is 3.07. The van der Waals surface area contributed by atoms with Crippen LogP contribution in [0, 0.1) is 5.92 Å². The van der Waals surface area contributed by atoms with Gasteiger partial charge in [-0.05, 0) is 18.8 Å². The van der Waals surface area contributed by atoms with Crippen LogP contribution in [0.1, 0.15) is 12.8 Å². The van der Waals surface area contributed by atoms with Crippen molar-refractivity contribution in [3.63, 3.8) is 0 Å². The average molecular weight is 419 g/mol. The zero-order valence-corrected chi connectivity index (χ0v) is 17.1. The van der Waals surface area contributed by atoms with Gasteiger partial charge in [-0.25, -0.2) is 9.97 Å². The van der Waals surface area contributed by atoms with E-state index in [0.29, 0.717) is 57.8 Å². The zero-order valence-electron chi connectivity index (χ0n) is 16.3. The Balaban J connectivity index is 1.29. The van der Waals surface area contributed by atoms with Crippen LogP contribution in [-0.2, 0) is 14.9 Å². The van der Waals surface area contributed by atoms with Crippen LogP contribution in [0.3, 0.4) is 0 Å². The van der Waals surface area contributed by atoms with Gasteiger partial charge in [0.15, 0.2) is 0 Å². The lowest BCUT2D eigenvalue weighted by molar-refractivity contribution is 0.0689. The van der Waals surface area contributed by atoms with Crippen molar-refractivity contribution in [1.29, 1.82) is 0 Å². The first-order chi connectivity index (χ1) is 14.1. The van der Waals surface area contributed by atoms with Crippen molar-refractivity contribution in [2.45, 2.75) is 12.8 Å². The van der Waals surface area contributed by atoms with Gasteiger partial charge in [0.1, 0.15) is 6.33 Å². The van der Waals surface area contributed by atoms with E-state index in [1.54, 1.807) is 4.31 Å². The van der Waals surface area contributed by atoms with Gasteiger partial charge < -0.3 is 9.47 Å². The molecule has 2 aliphatic rings. The molecule has 2 fully saturated rings. The van der Waals surface area contributed by atoms with Crippen LogP contribution in [0.2, 0.25) is 0 Å². The number of piperidine rings is 1. The van der Waals surface area contributed by atoms with Gasteiger partial charge in [-0.3, -0.25) is 0 Å². The van der Waals surface area contributed by atoms with E-state index >= 15 is 0 Å². The lowest BCUT2D eigenvalue weighted by atomic mass is 9.99. The lowest BCUT2D eigenvalue weighted by Gasteiger charge is -2.36. The van der Waals surface area contributed by atoms with Gasteiger partial charge in [0.25, 0.3) is 10.2 Å². The van der Waals surface area contributed by atoms with Crippen molar-refractivity contribution in [3.05, 3.63) is 42.7 Å². The smallest absolute Gasteiger partial charge is 0.282 e. The van der Waals surface area contributed by atoms with E-state index in [0.717, 1.165) is 24.1 Å². The molecule has 4 rings (SSSR count). The van der Waals surface area contributed by atoms with Crippen LogP contribution < -0.4 is 4.74 Å². The SMILES string of the molecule is O=S(=O)(N1CCOCC1)N1CCC(COc2cc(-c3ccccc3)ncn2)CC1. The number of ether oxygens (including phenoxy) is 2. The molecule has 0 bridgehead atoms. The van der Waals surface area contributed by atoms with E-state index in [1.165, 1.54) is 10.6 Å². The third-order valence-electron chi connectivity index (χ3n) is 5.37. The van der Waals surface area contributed by atoms with Gasteiger partial charge in [0, 0.05) is 37.8 Å². The number of hydrogen-bond acceptors (Lipinski definition) is 6. The highest BCUT2D eigenvalue weighted by Gasteiger charge is 2.33. The molecule has 2 aromatic rings. The fourth-order valence-electron chi connectivity index (χ4n) is 3.64. The Morgan fingerprint density at radius 1 is 1.00 bits per heavy atom. The third-order valence-corrected chi connectivity index (χ3v) is 7.41. The largest absolute Gasteiger partial charge is 0.477 e. The van der Waals surface area contributed by atoms with Crippen LogP contribution in [-0.4, -0.2) is 73.0 Å². The van der Waals surface area contributed by atoms with Crippen LogP contribution in [0.15, 0.2) is 42.7 Å². The minimum Gasteiger partial charge on any atom is -0.477 e. The van der Waals surface area contributed by atoms with Crippen LogP contribution in [0.25, 0.3) is 11.3 Å². The lowest BCUT2D eigenvalue weighted by Crippen LogP contribution is -2.51. The van der Waals surface area contributed by atoms with Crippen molar-refractivity contribution < 1.29 is 17.9 Å². The number of aromatic nitrogens is 2. The monoisotopic (exact) mass is 418 g/mol. The maximum absolute atomic E-state index is 12.7. The molecule has 0 saturated carbocycles. The quantitative estimate of drug-likeness (QED) is 0.711. The van der Waals surface area contributed by atoms with Crippen molar-refractivity contribution in [1.82, 2.24) is 18.6 Å². The first-order valence-electron chi connectivity index (χ1n) is 9.96. The molecule has 1 aromatic carbocycles. The maximum atomic E-state index is 12.7.